The van der Waals surface area contributed by atoms with E-state index in [-0.39, 0.29) is 16.7 Å². The molecule has 0 saturated carbocycles. The summed E-state index contributed by atoms with van der Waals surface area (Å²) in [4.78, 5) is 16.1. The minimum absolute atomic E-state index is 0.0538. The zero-order valence-electron chi connectivity index (χ0n) is 9.64. The van der Waals surface area contributed by atoms with Crippen LogP contribution < -0.4 is 5.32 Å². The van der Waals surface area contributed by atoms with Gasteiger partial charge in [-0.25, -0.2) is 4.98 Å². The van der Waals surface area contributed by atoms with Crippen LogP contribution in [-0.2, 0) is 0 Å². The number of benzene rings is 1. The Bertz CT molecular complexity index is 599. The van der Waals surface area contributed by atoms with Crippen molar-refractivity contribution >= 4 is 23.3 Å². The molecule has 2 N–H and O–H groups in total. The van der Waals surface area contributed by atoms with Crippen molar-refractivity contribution < 1.29 is 9.90 Å². The summed E-state index contributed by atoms with van der Waals surface area (Å²) >= 11 is 5.74. The fraction of sp³-hybridized carbons (Fsp3) is 0.0769. The molecule has 0 saturated heterocycles. The van der Waals surface area contributed by atoms with Crippen molar-refractivity contribution in [1.82, 2.24) is 4.98 Å². The summed E-state index contributed by atoms with van der Waals surface area (Å²) in [7, 11) is 0. The van der Waals surface area contributed by atoms with E-state index < -0.39 is 0 Å². The van der Waals surface area contributed by atoms with Crippen LogP contribution in [0.2, 0.25) is 5.02 Å². The quantitative estimate of drug-likeness (QED) is 0.875. The number of pyridine rings is 1. The number of rotatable bonds is 2. The molecule has 0 spiro atoms. The molecule has 18 heavy (non-hydrogen) atoms. The smallest absolute Gasteiger partial charge is 0.256 e. The minimum atomic E-state index is -0.324. The van der Waals surface area contributed by atoms with Crippen molar-refractivity contribution in [3.8, 4) is 5.75 Å². The van der Waals surface area contributed by atoms with Gasteiger partial charge in [0, 0.05) is 11.3 Å². The maximum Gasteiger partial charge on any atom is 0.256 e. The summed E-state index contributed by atoms with van der Waals surface area (Å²) in [5, 5.41) is 12.1. The molecule has 0 atom stereocenters. The van der Waals surface area contributed by atoms with Gasteiger partial charge >= 0.3 is 0 Å². The van der Waals surface area contributed by atoms with Gasteiger partial charge in [-0.2, -0.15) is 0 Å². The van der Waals surface area contributed by atoms with E-state index in [2.05, 4.69) is 10.3 Å². The average molecular weight is 263 g/mol. The number of hydrogen-bond acceptors (Lipinski definition) is 3. The summed E-state index contributed by atoms with van der Waals surface area (Å²) in [6.45, 7) is 1.84. The van der Waals surface area contributed by atoms with Gasteiger partial charge in [-0.05, 0) is 37.3 Å². The number of phenols is 1. The average Bonchev–Trinajstić information content (AvgIpc) is 2.32. The Morgan fingerprint density at radius 3 is 2.78 bits per heavy atom. The summed E-state index contributed by atoms with van der Waals surface area (Å²) < 4.78 is 0. The van der Waals surface area contributed by atoms with Gasteiger partial charge in [0.25, 0.3) is 5.91 Å². The van der Waals surface area contributed by atoms with Gasteiger partial charge in [-0.15, -0.1) is 0 Å². The normalized spacial score (nSPS) is 10.1. The molecule has 2 aromatic rings. The number of aromatic nitrogens is 1. The summed E-state index contributed by atoms with van der Waals surface area (Å²) in [5.74, 6) is 0.0982. The third kappa shape index (κ3) is 2.78. The minimum Gasteiger partial charge on any atom is -0.506 e. The van der Waals surface area contributed by atoms with Crippen LogP contribution in [0.3, 0.4) is 0 Å². The first kappa shape index (κ1) is 12.4. The number of phenolic OH excluding ortho intramolecular Hbond substituents is 1. The van der Waals surface area contributed by atoms with Gasteiger partial charge in [0.15, 0.2) is 0 Å². The Hall–Kier alpha value is -2.07. The molecule has 0 aliphatic carbocycles. The van der Waals surface area contributed by atoms with E-state index in [9.17, 15) is 9.90 Å². The third-order valence-corrected chi connectivity index (χ3v) is 2.64. The molecule has 5 heteroatoms. The molecule has 1 aromatic heterocycles. The molecule has 1 amide bonds. The zero-order chi connectivity index (χ0) is 13.1. The molecule has 2 rings (SSSR count). The van der Waals surface area contributed by atoms with Crippen LogP contribution in [0.4, 0.5) is 5.82 Å². The van der Waals surface area contributed by atoms with Crippen LogP contribution >= 0.6 is 11.6 Å². The highest BCUT2D eigenvalue weighted by Crippen LogP contribution is 2.23. The van der Waals surface area contributed by atoms with Crippen molar-refractivity contribution in [2.45, 2.75) is 6.92 Å². The molecular formula is C13H11ClN2O2. The number of carbonyl (C=O) groups excluding carboxylic acids is 1. The van der Waals surface area contributed by atoms with Crippen molar-refractivity contribution in [1.29, 1.82) is 0 Å². The van der Waals surface area contributed by atoms with Crippen LogP contribution in [0.15, 0.2) is 36.4 Å². The van der Waals surface area contributed by atoms with Crippen molar-refractivity contribution in [2.75, 3.05) is 5.32 Å². The number of aromatic hydroxyl groups is 1. The largest absolute Gasteiger partial charge is 0.506 e. The number of halogens is 1. The van der Waals surface area contributed by atoms with Gasteiger partial charge in [0.05, 0.1) is 5.02 Å². The number of amides is 1. The topological polar surface area (TPSA) is 62.2 Å². The van der Waals surface area contributed by atoms with Crippen molar-refractivity contribution in [3.63, 3.8) is 0 Å². The second kappa shape index (κ2) is 5.06. The standard InChI is InChI=1S/C13H11ClN2O2/c1-8-3-2-4-12(15-8)16-13(18)9-5-6-11(17)10(14)7-9/h2-7,17H,1H3,(H,15,16,18). The van der Waals surface area contributed by atoms with E-state index in [0.717, 1.165) is 5.69 Å². The molecule has 0 radical (unpaired) electrons. The summed E-state index contributed by atoms with van der Waals surface area (Å²) in [6.07, 6.45) is 0. The van der Waals surface area contributed by atoms with Crippen LogP contribution in [-0.4, -0.2) is 16.0 Å². The van der Waals surface area contributed by atoms with Gasteiger partial charge in [0.1, 0.15) is 11.6 Å². The Balaban J connectivity index is 2.19. The van der Waals surface area contributed by atoms with Gasteiger partial charge in [-0.1, -0.05) is 17.7 Å². The van der Waals surface area contributed by atoms with Crippen LogP contribution in [0.25, 0.3) is 0 Å². The van der Waals surface area contributed by atoms with E-state index in [1.807, 2.05) is 19.1 Å². The zero-order valence-corrected chi connectivity index (χ0v) is 10.4. The predicted octanol–water partition coefficient (Wildman–Crippen LogP) is 3.00. The lowest BCUT2D eigenvalue weighted by Crippen LogP contribution is -2.13. The lowest BCUT2D eigenvalue weighted by Gasteiger charge is -2.06. The third-order valence-electron chi connectivity index (χ3n) is 2.34. The fourth-order valence-electron chi connectivity index (χ4n) is 1.45. The fourth-order valence-corrected chi connectivity index (χ4v) is 1.63. The number of carbonyl (C=O) groups is 1. The van der Waals surface area contributed by atoms with E-state index in [1.165, 1.54) is 18.2 Å². The number of aryl methyl sites for hydroxylation is 1. The van der Waals surface area contributed by atoms with Gasteiger partial charge in [0.2, 0.25) is 0 Å². The molecule has 0 fully saturated rings. The molecule has 4 nitrogen and oxygen atoms in total. The number of anilines is 1. The maximum absolute atomic E-state index is 11.9. The molecule has 0 bridgehead atoms. The van der Waals surface area contributed by atoms with Crippen LogP contribution in [0.5, 0.6) is 5.75 Å². The Labute approximate surface area is 109 Å². The van der Waals surface area contributed by atoms with E-state index >= 15 is 0 Å². The molecule has 92 valence electrons. The SMILES string of the molecule is Cc1cccc(NC(=O)c2ccc(O)c(Cl)c2)n1. The second-order valence-electron chi connectivity index (χ2n) is 3.78. The van der Waals surface area contributed by atoms with E-state index in [1.54, 1.807) is 6.07 Å². The predicted molar refractivity (Wildman–Crippen MR) is 70.0 cm³/mol. The molecule has 1 aromatic carbocycles. The van der Waals surface area contributed by atoms with Gasteiger partial charge < -0.3 is 10.4 Å². The molecule has 0 unspecified atom stereocenters. The Kier molecular flexibility index (Phi) is 3.48. The Morgan fingerprint density at radius 1 is 1.33 bits per heavy atom. The van der Waals surface area contributed by atoms with Crippen molar-refractivity contribution in [3.05, 3.63) is 52.7 Å². The maximum atomic E-state index is 11.9. The highest BCUT2D eigenvalue weighted by Gasteiger charge is 2.09. The Morgan fingerprint density at radius 2 is 2.11 bits per heavy atom. The van der Waals surface area contributed by atoms with Crippen LogP contribution in [0, 0.1) is 6.92 Å². The molecule has 0 aliphatic rings. The first-order chi connectivity index (χ1) is 8.56. The summed E-state index contributed by atoms with van der Waals surface area (Å²) in [6, 6.07) is 9.62. The molecule has 0 aliphatic heterocycles. The van der Waals surface area contributed by atoms with Crippen molar-refractivity contribution in [2.24, 2.45) is 0 Å². The monoisotopic (exact) mass is 262 g/mol. The first-order valence-corrected chi connectivity index (χ1v) is 5.67. The van der Waals surface area contributed by atoms with E-state index in [4.69, 9.17) is 11.6 Å². The lowest BCUT2D eigenvalue weighted by atomic mass is 10.2. The van der Waals surface area contributed by atoms with Gasteiger partial charge in [-0.3, -0.25) is 4.79 Å². The lowest BCUT2D eigenvalue weighted by molar-refractivity contribution is 0.102. The molecule has 1 heterocycles. The van der Waals surface area contributed by atoms with E-state index in [0.29, 0.717) is 11.4 Å². The molecular weight excluding hydrogens is 252 g/mol. The number of hydrogen-bond donors (Lipinski definition) is 2. The summed E-state index contributed by atoms with van der Waals surface area (Å²) in [5.41, 5.74) is 1.18. The number of nitrogens with one attached hydrogen (secondary N) is 1. The highest BCUT2D eigenvalue weighted by atomic mass is 35.5. The highest BCUT2D eigenvalue weighted by molar-refractivity contribution is 6.32. The van der Waals surface area contributed by atoms with Crippen LogP contribution in [0.1, 0.15) is 16.1 Å². The number of nitrogens with zero attached hydrogens (tertiary/aromatic N) is 1. The second-order valence-corrected chi connectivity index (χ2v) is 4.19. The first-order valence-electron chi connectivity index (χ1n) is 5.30.